The quantitative estimate of drug-likeness (QED) is 0.496. The number of epoxide rings is 1. The van der Waals surface area contributed by atoms with Crippen LogP contribution in [0.3, 0.4) is 0 Å². The van der Waals surface area contributed by atoms with Gasteiger partial charge < -0.3 is 19.7 Å². The number of amides is 2. The van der Waals surface area contributed by atoms with Crippen LogP contribution in [0.15, 0.2) is 0 Å². The van der Waals surface area contributed by atoms with Crippen LogP contribution >= 0.6 is 11.8 Å². The van der Waals surface area contributed by atoms with E-state index in [0.29, 0.717) is 18.3 Å². The third-order valence-corrected chi connectivity index (χ3v) is 5.32. The van der Waals surface area contributed by atoms with Crippen LogP contribution in [0.4, 0.5) is 0 Å². The van der Waals surface area contributed by atoms with E-state index in [1.807, 2.05) is 11.2 Å². The predicted octanol–water partition coefficient (Wildman–Crippen LogP) is 1.06. The van der Waals surface area contributed by atoms with Gasteiger partial charge in [0.25, 0.3) is 5.91 Å². The van der Waals surface area contributed by atoms with Gasteiger partial charge in [-0.15, -0.1) is 0 Å². The normalized spacial score (nSPS) is 29.0. The van der Waals surface area contributed by atoms with Crippen molar-refractivity contribution in [2.75, 3.05) is 31.7 Å². The minimum atomic E-state index is -0.849. The Labute approximate surface area is 159 Å². The number of ether oxygens (including phenoxy) is 2. The Morgan fingerprint density at radius 3 is 2.46 bits per heavy atom. The summed E-state index contributed by atoms with van der Waals surface area (Å²) in [7, 11) is 0. The molecule has 0 saturated carbocycles. The fourth-order valence-corrected chi connectivity index (χ4v) is 4.00. The van der Waals surface area contributed by atoms with Gasteiger partial charge in [0.15, 0.2) is 12.2 Å². The second kappa shape index (κ2) is 9.60. The van der Waals surface area contributed by atoms with Crippen LogP contribution in [0.5, 0.6) is 0 Å². The number of nitrogens with one attached hydrogen (secondary N) is 1. The molecule has 5 atom stereocenters. The van der Waals surface area contributed by atoms with Crippen molar-refractivity contribution in [1.29, 1.82) is 0 Å². The van der Waals surface area contributed by atoms with Gasteiger partial charge in [-0.3, -0.25) is 9.59 Å². The van der Waals surface area contributed by atoms with Crippen LogP contribution in [-0.2, 0) is 23.9 Å². The average Bonchev–Trinajstić information content (AvgIpc) is 3.38. The molecule has 8 heteroatoms. The molecule has 7 nitrogen and oxygen atoms in total. The smallest absolute Gasteiger partial charge is 0.338 e. The van der Waals surface area contributed by atoms with E-state index in [0.717, 1.165) is 25.3 Å². The van der Waals surface area contributed by atoms with E-state index in [-0.39, 0.29) is 12.5 Å². The summed E-state index contributed by atoms with van der Waals surface area (Å²) in [4.78, 5) is 38.8. The molecule has 1 N–H and O–H groups in total. The molecule has 2 saturated heterocycles. The Kier molecular flexibility index (Phi) is 7.76. The summed E-state index contributed by atoms with van der Waals surface area (Å²) in [5.41, 5.74) is 0. The summed E-state index contributed by atoms with van der Waals surface area (Å²) >= 11 is 1.63. The minimum Gasteiger partial charge on any atom is -0.464 e. The Balaban J connectivity index is 1.95. The Bertz CT molecular complexity index is 520. The van der Waals surface area contributed by atoms with Crippen LogP contribution < -0.4 is 5.32 Å². The highest BCUT2D eigenvalue weighted by Crippen LogP contribution is 2.25. The molecule has 2 rings (SSSR count). The van der Waals surface area contributed by atoms with Gasteiger partial charge in [-0.1, -0.05) is 13.8 Å². The van der Waals surface area contributed by atoms with E-state index in [1.54, 1.807) is 18.7 Å². The molecule has 2 unspecified atom stereocenters. The monoisotopic (exact) mass is 386 g/mol. The molecule has 0 bridgehead atoms. The molecule has 0 aromatic heterocycles. The molecule has 26 heavy (non-hydrogen) atoms. The van der Waals surface area contributed by atoms with Gasteiger partial charge in [0, 0.05) is 13.1 Å². The van der Waals surface area contributed by atoms with Crippen molar-refractivity contribution in [3.8, 4) is 0 Å². The summed E-state index contributed by atoms with van der Waals surface area (Å²) in [5.74, 6) is 0.694. The van der Waals surface area contributed by atoms with Gasteiger partial charge in [-0.05, 0) is 43.6 Å². The Morgan fingerprint density at radius 2 is 1.88 bits per heavy atom. The molecule has 0 spiro atoms. The van der Waals surface area contributed by atoms with E-state index >= 15 is 0 Å². The van der Waals surface area contributed by atoms with Crippen molar-refractivity contribution in [2.24, 2.45) is 11.8 Å². The van der Waals surface area contributed by atoms with Crippen molar-refractivity contribution in [3.05, 3.63) is 0 Å². The van der Waals surface area contributed by atoms with Crippen LogP contribution in [0.1, 0.15) is 33.6 Å². The highest BCUT2D eigenvalue weighted by Gasteiger charge is 2.52. The lowest BCUT2D eigenvalue weighted by molar-refractivity contribution is -0.144. The van der Waals surface area contributed by atoms with E-state index in [1.165, 1.54) is 0 Å². The standard InChI is InChI=1S/C18H30N2O5S/c1-5-24-18(23)15-14(25-15)16(21)19-13(6-7-26-4)17(22)20-9-11(2)8-12(3)10-20/h11-15H,5-10H2,1-4H3,(H,19,21)/t11?,12?,13-,14-,15-/m0/s1. The van der Waals surface area contributed by atoms with Crippen LogP contribution in [-0.4, -0.2) is 72.6 Å². The second-order valence-corrected chi connectivity index (χ2v) is 8.25. The van der Waals surface area contributed by atoms with Crippen molar-refractivity contribution in [2.45, 2.75) is 51.9 Å². The molecule has 0 aromatic rings. The summed E-state index contributed by atoms with van der Waals surface area (Å²) in [6, 6.07) is -0.584. The molecule has 2 fully saturated rings. The molecular formula is C18H30N2O5S. The van der Waals surface area contributed by atoms with Crippen LogP contribution in [0, 0.1) is 11.8 Å². The van der Waals surface area contributed by atoms with Crippen LogP contribution in [0.25, 0.3) is 0 Å². The molecule has 2 amide bonds. The molecule has 2 aliphatic heterocycles. The van der Waals surface area contributed by atoms with Gasteiger partial charge in [0.2, 0.25) is 5.91 Å². The SMILES string of the molecule is CCOC(=O)[C@H]1O[C@@H]1C(=O)N[C@@H](CCSC)C(=O)N1CC(C)CC(C)C1. The molecule has 2 heterocycles. The van der Waals surface area contributed by atoms with E-state index in [4.69, 9.17) is 9.47 Å². The topological polar surface area (TPSA) is 88.2 Å². The number of carbonyl (C=O) groups is 3. The summed E-state index contributed by atoms with van der Waals surface area (Å²) in [6.45, 7) is 7.68. The molecule has 0 aliphatic carbocycles. The van der Waals surface area contributed by atoms with Crippen molar-refractivity contribution in [3.63, 3.8) is 0 Å². The lowest BCUT2D eigenvalue weighted by Crippen LogP contribution is -2.53. The summed E-state index contributed by atoms with van der Waals surface area (Å²) in [5, 5.41) is 2.79. The summed E-state index contributed by atoms with van der Waals surface area (Å²) in [6.07, 6.45) is 1.94. The first kappa shape index (κ1) is 21.0. The predicted molar refractivity (Wildman–Crippen MR) is 99.7 cm³/mol. The number of esters is 1. The zero-order chi connectivity index (χ0) is 19.3. The molecule has 0 radical (unpaired) electrons. The average molecular weight is 387 g/mol. The summed E-state index contributed by atoms with van der Waals surface area (Å²) < 4.78 is 10.0. The van der Waals surface area contributed by atoms with E-state index in [2.05, 4.69) is 19.2 Å². The highest BCUT2D eigenvalue weighted by atomic mass is 32.2. The highest BCUT2D eigenvalue weighted by molar-refractivity contribution is 7.98. The molecule has 2 aliphatic rings. The Hall–Kier alpha value is -1.28. The number of piperidine rings is 1. The first-order chi connectivity index (χ1) is 12.4. The lowest BCUT2D eigenvalue weighted by atomic mass is 9.91. The zero-order valence-corrected chi connectivity index (χ0v) is 16.8. The number of rotatable bonds is 8. The fourth-order valence-electron chi connectivity index (χ4n) is 3.53. The van der Waals surface area contributed by atoms with Gasteiger partial charge >= 0.3 is 5.97 Å². The Morgan fingerprint density at radius 1 is 1.23 bits per heavy atom. The van der Waals surface area contributed by atoms with E-state index in [9.17, 15) is 14.4 Å². The number of hydrogen-bond acceptors (Lipinski definition) is 6. The first-order valence-electron chi connectivity index (χ1n) is 9.27. The largest absolute Gasteiger partial charge is 0.464 e. The molecular weight excluding hydrogens is 356 g/mol. The maximum Gasteiger partial charge on any atom is 0.338 e. The van der Waals surface area contributed by atoms with Gasteiger partial charge in [0.05, 0.1) is 6.61 Å². The van der Waals surface area contributed by atoms with Crippen LogP contribution in [0.2, 0.25) is 0 Å². The number of carbonyl (C=O) groups excluding carboxylic acids is 3. The van der Waals surface area contributed by atoms with Gasteiger partial charge in [-0.2, -0.15) is 11.8 Å². The first-order valence-corrected chi connectivity index (χ1v) is 10.7. The van der Waals surface area contributed by atoms with Crippen molar-refractivity contribution >= 4 is 29.5 Å². The number of hydrogen-bond donors (Lipinski definition) is 1. The van der Waals surface area contributed by atoms with Crippen molar-refractivity contribution in [1.82, 2.24) is 10.2 Å². The maximum atomic E-state index is 13.0. The molecule has 148 valence electrons. The molecule has 0 aromatic carbocycles. The number of nitrogens with zero attached hydrogens (tertiary/aromatic N) is 1. The number of likely N-dealkylation sites (tertiary alicyclic amines) is 1. The third-order valence-electron chi connectivity index (χ3n) is 4.67. The minimum absolute atomic E-state index is 0.0425. The van der Waals surface area contributed by atoms with Gasteiger partial charge in [-0.25, -0.2) is 4.79 Å². The zero-order valence-electron chi connectivity index (χ0n) is 16.0. The van der Waals surface area contributed by atoms with Gasteiger partial charge in [0.1, 0.15) is 6.04 Å². The maximum absolute atomic E-state index is 13.0. The van der Waals surface area contributed by atoms with E-state index < -0.39 is 30.1 Å². The second-order valence-electron chi connectivity index (χ2n) is 7.26. The number of thioether (sulfide) groups is 1. The lowest BCUT2D eigenvalue weighted by Gasteiger charge is -2.37. The third kappa shape index (κ3) is 5.61. The fraction of sp³-hybridized carbons (Fsp3) is 0.833. The van der Waals surface area contributed by atoms with Crippen molar-refractivity contribution < 1.29 is 23.9 Å².